The topological polar surface area (TPSA) is 94.1 Å². The van der Waals surface area contributed by atoms with Crippen molar-refractivity contribution >= 4 is 16.6 Å². The molecule has 0 aliphatic carbocycles. The van der Waals surface area contributed by atoms with Crippen LogP contribution in [0.1, 0.15) is 24.4 Å². The Morgan fingerprint density at radius 3 is 2.36 bits per heavy atom. The fraction of sp³-hybridized carbons (Fsp3) is 0.143. The Balaban J connectivity index is 0.00000225. The number of hydrogen-bond donors (Lipinski definition) is 1. The standard InChI is InChI=1S/C21H18FN5.N/c1-13-3-9-19(27-25-13)14(2)24-21-12-23-26-20-10-6-16(11-18(20)21)15-4-7-17(22)8-5-15;/h3-12,14H,1-2H3,(H,24,26);/t14-;/m1./s1. The van der Waals surface area contributed by atoms with Crippen LogP contribution in [0.3, 0.4) is 0 Å². The summed E-state index contributed by atoms with van der Waals surface area (Å²) >= 11 is 0. The van der Waals surface area contributed by atoms with Gasteiger partial charge >= 0.3 is 0 Å². The third-order valence-electron chi connectivity index (χ3n) is 4.45. The van der Waals surface area contributed by atoms with Gasteiger partial charge < -0.3 is 5.32 Å². The second-order valence-corrected chi connectivity index (χ2v) is 6.46. The molecule has 6 nitrogen and oxygen atoms in total. The molecule has 1 atom stereocenters. The third kappa shape index (κ3) is 3.94. The number of halogens is 1. The maximum absolute atomic E-state index is 13.2. The fourth-order valence-corrected chi connectivity index (χ4v) is 2.94. The quantitative estimate of drug-likeness (QED) is 0.578. The highest BCUT2D eigenvalue weighted by Crippen LogP contribution is 2.29. The highest BCUT2D eigenvalue weighted by molar-refractivity contribution is 5.93. The molecule has 0 aliphatic heterocycles. The zero-order valence-electron chi connectivity index (χ0n) is 15.5. The Hall–Kier alpha value is -3.45. The minimum absolute atomic E-state index is 0. The van der Waals surface area contributed by atoms with E-state index in [1.165, 1.54) is 12.1 Å². The zero-order valence-corrected chi connectivity index (χ0v) is 15.5. The van der Waals surface area contributed by atoms with Gasteiger partial charge in [-0.1, -0.05) is 18.2 Å². The molecule has 139 valence electrons. The van der Waals surface area contributed by atoms with Crippen LogP contribution in [-0.4, -0.2) is 20.4 Å². The van der Waals surface area contributed by atoms with Crippen molar-refractivity contribution < 1.29 is 4.39 Å². The number of hydrogen-bond acceptors (Lipinski definition) is 5. The van der Waals surface area contributed by atoms with E-state index in [-0.39, 0.29) is 18.0 Å². The van der Waals surface area contributed by atoms with Crippen molar-refractivity contribution in [3.63, 3.8) is 0 Å². The highest BCUT2D eigenvalue weighted by Gasteiger charge is 2.11. The van der Waals surface area contributed by atoms with Gasteiger partial charge in [-0.2, -0.15) is 20.4 Å². The van der Waals surface area contributed by atoms with Gasteiger partial charge in [-0.3, -0.25) is 0 Å². The lowest BCUT2D eigenvalue weighted by atomic mass is 10.0. The van der Waals surface area contributed by atoms with Crippen molar-refractivity contribution in [2.45, 2.75) is 19.9 Å². The van der Waals surface area contributed by atoms with Crippen molar-refractivity contribution in [3.8, 4) is 11.1 Å². The summed E-state index contributed by atoms with van der Waals surface area (Å²) in [6.45, 7) is 3.93. The molecule has 0 unspecified atom stereocenters. The molecule has 0 fully saturated rings. The van der Waals surface area contributed by atoms with Crippen molar-refractivity contribution in [2.75, 3.05) is 5.32 Å². The number of rotatable bonds is 4. The van der Waals surface area contributed by atoms with Gasteiger partial charge in [0.15, 0.2) is 0 Å². The number of anilines is 1. The molecule has 4 rings (SSSR count). The third-order valence-corrected chi connectivity index (χ3v) is 4.45. The fourth-order valence-electron chi connectivity index (χ4n) is 2.94. The smallest absolute Gasteiger partial charge is 0.123 e. The van der Waals surface area contributed by atoms with Gasteiger partial charge in [0.25, 0.3) is 0 Å². The Morgan fingerprint density at radius 2 is 1.64 bits per heavy atom. The van der Waals surface area contributed by atoms with Crippen LogP contribution >= 0.6 is 0 Å². The van der Waals surface area contributed by atoms with Crippen molar-refractivity contribution in [2.24, 2.45) is 0 Å². The molecule has 4 aromatic rings. The predicted molar refractivity (Wildman–Crippen MR) is 106 cm³/mol. The van der Waals surface area contributed by atoms with Gasteiger partial charge in [0.05, 0.1) is 34.8 Å². The molecule has 2 aromatic carbocycles. The van der Waals surface area contributed by atoms with E-state index >= 15 is 0 Å². The van der Waals surface area contributed by atoms with E-state index in [1.807, 2.05) is 44.2 Å². The van der Waals surface area contributed by atoms with Gasteiger partial charge in [-0.25, -0.2) is 4.39 Å². The summed E-state index contributed by atoms with van der Waals surface area (Å²) < 4.78 is 13.2. The van der Waals surface area contributed by atoms with Gasteiger partial charge in [0.2, 0.25) is 0 Å². The van der Waals surface area contributed by atoms with Crippen molar-refractivity contribution in [1.29, 1.82) is 0 Å². The molecule has 0 aliphatic rings. The van der Waals surface area contributed by atoms with Crippen LogP contribution in [0, 0.1) is 12.7 Å². The number of benzene rings is 2. The maximum atomic E-state index is 13.2. The minimum atomic E-state index is -0.249. The number of aromatic nitrogens is 4. The van der Waals surface area contributed by atoms with Crippen LogP contribution in [0.2, 0.25) is 0 Å². The van der Waals surface area contributed by atoms with Crippen LogP contribution in [-0.2, 0) is 0 Å². The Labute approximate surface area is 162 Å². The summed E-state index contributed by atoms with van der Waals surface area (Å²) in [6, 6.07) is 16.2. The van der Waals surface area contributed by atoms with Crippen LogP contribution in [0.15, 0.2) is 60.8 Å². The lowest BCUT2D eigenvalue weighted by Gasteiger charge is -2.16. The monoisotopic (exact) mass is 373 g/mol. The lowest BCUT2D eigenvalue weighted by molar-refractivity contribution is 0.628. The molecule has 0 bridgehead atoms. The highest BCUT2D eigenvalue weighted by atomic mass is 19.1. The summed E-state index contributed by atoms with van der Waals surface area (Å²) in [4.78, 5) is 0. The van der Waals surface area contributed by atoms with Crippen molar-refractivity contribution in [1.82, 2.24) is 26.5 Å². The maximum Gasteiger partial charge on any atom is 0.123 e. The minimum Gasteiger partial charge on any atom is -0.375 e. The van der Waals surface area contributed by atoms with E-state index in [1.54, 1.807) is 18.3 Å². The van der Waals surface area contributed by atoms with E-state index < -0.39 is 0 Å². The Kier molecular flexibility index (Phi) is 5.56. The first-order chi connectivity index (χ1) is 13.1. The van der Waals surface area contributed by atoms with Crippen LogP contribution in [0.5, 0.6) is 0 Å². The second kappa shape index (κ2) is 8.06. The first-order valence-corrected chi connectivity index (χ1v) is 8.68. The van der Waals surface area contributed by atoms with Crippen LogP contribution in [0.25, 0.3) is 22.0 Å². The van der Waals surface area contributed by atoms with E-state index in [0.717, 1.165) is 39.1 Å². The normalized spacial score (nSPS) is 11.7. The first-order valence-electron chi connectivity index (χ1n) is 8.68. The van der Waals surface area contributed by atoms with E-state index in [2.05, 4.69) is 25.7 Å². The van der Waals surface area contributed by atoms with Crippen molar-refractivity contribution in [3.05, 3.63) is 78.0 Å². The summed E-state index contributed by atoms with van der Waals surface area (Å²) in [6.07, 6.45) is 1.70. The molecule has 0 saturated heterocycles. The van der Waals surface area contributed by atoms with Gasteiger partial charge in [0, 0.05) is 11.5 Å². The summed E-state index contributed by atoms with van der Waals surface area (Å²) in [7, 11) is 0. The molecule has 3 radical (unpaired) electrons. The summed E-state index contributed by atoms with van der Waals surface area (Å²) in [5, 5.41) is 21.0. The zero-order chi connectivity index (χ0) is 18.8. The molecular formula is C21H18FN6. The summed E-state index contributed by atoms with van der Waals surface area (Å²) in [5.74, 6) is -0.249. The van der Waals surface area contributed by atoms with E-state index in [9.17, 15) is 4.39 Å². The molecule has 2 heterocycles. The Bertz CT molecular complexity index is 1080. The predicted octanol–water partition coefficient (Wildman–Crippen LogP) is 4.23. The number of nitrogens with one attached hydrogen (secondary N) is 1. The molecule has 2 aromatic heterocycles. The average Bonchev–Trinajstić information content (AvgIpc) is 2.69. The average molecular weight is 373 g/mol. The molecule has 0 amide bonds. The van der Waals surface area contributed by atoms with E-state index in [0.29, 0.717) is 0 Å². The molecule has 0 saturated carbocycles. The molecule has 0 spiro atoms. The number of fused-ring (bicyclic) bond motifs is 1. The first kappa shape index (κ1) is 19.3. The molecule has 7 heteroatoms. The molecule has 28 heavy (non-hydrogen) atoms. The number of aryl methyl sites for hydroxylation is 1. The SMILES string of the molecule is Cc1ccc([C@@H](C)Nc2cnnc3ccc(-c4ccc(F)cc4)cc23)nn1.[N]. The van der Waals surface area contributed by atoms with Gasteiger partial charge in [0.1, 0.15) is 5.82 Å². The lowest BCUT2D eigenvalue weighted by Crippen LogP contribution is -2.10. The van der Waals surface area contributed by atoms with Crippen LogP contribution in [0.4, 0.5) is 10.1 Å². The summed E-state index contributed by atoms with van der Waals surface area (Å²) in [5.41, 5.74) is 5.30. The van der Waals surface area contributed by atoms with E-state index in [4.69, 9.17) is 0 Å². The van der Waals surface area contributed by atoms with Crippen LogP contribution < -0.4 is 11.5 Å². The second-order valence-electron chi connectivity index (χ2n) is 6.46. The Morgan fingerprint density at radius 1 is 0.893 bits per heavy atom. The van der Waals surface area contributed by atoms with Gasteiger partial charge in [-0.15, -0.1) is 0 Å². The molecule has 1 N–H and O–H groups in total. The van der Waals surface area contributed by atoms with Gasteiger partial charge in [-0.05, 0) is 61.4 Å². The largest absolute Gasteiger partial charge is 0.375 e. The molecular weight excluding hydrogens is 355 g/mol. The number of nitrogens with zero attached hydrogens (tertiary/aromatic N) is 5.